The summed E-state index contributed by atoms with van der Waals surface area (Å²) in [7, 11) is 0. The number of hydrogen-bond acceptors (Lipinski definition) is 13. The van der Waals surface area contributed by atoms with Gasteiger partial charge in [-0.05, 0) is 43.2 Å². The second-order valence-corrected chi connectivity index (χ2v) is 17.5. The highest BCUT2D eigenvalue weighted by Crippen LogP contribution is 2.49. The Balaban J connectivity index is 1.15. The van der Waals surface area contributed by atoms with Gasteiger partial charge in [0.2, 0.25) is 11.6 Å². The fraction of sp³-hybridized carbons (Fsp3) is 0.157. The minimum absolute atomic E-state index is 0.00342. The van der Waals surface area contributed by atoms with Crippen LogP contribution in [0.3, 0.4) is 0 Å². The molecule has 5 heterocycles. The van der Waals surface area contributed by atoms with Crippen molar-refractivity contribution in [3.8, 4) is 46.0 Å². The van der Waals surface area contributed by atoms with E-state index < -0.39 is 117 Å². The molecular formula is C51H41N5O16. The molecule has 72 heavy (non-hydrogen) atoms. The molecule has 0 radical (unpaired) electrons. The van der Waals surface area contributed by atoms with Crippen LogP contribution >= 0.6 is 0 Å². The molecule has 9 aromatic rings. The standard InChI is InChI=1S/C51H41N5O16/c1-3-16-18-5-7-53-35(18)27(45(63)39(16)57)10-24-20-13-31(49(67)68)55-37(20)29(47(65)42(24)60)12-26-22-15-33(51(71)72)56-38(22)30(48(66)44(26)62)11-25-21-14-32(50(69)70)54-36(21)28(46(64)43(25)61)9-23-19-6-8-52-34(19)17(4-2)40(58)41(23)59/h5-8,13-15,52-61,63-65H,3-4,9-12H2,1-2H3,(H,67,68)(H,69,70)(H,71,72). The number of phenols is 8. The van der Waals surface area contributed by atoms with E-state index in [1.165, 1.54) is 0 Å². The molecular weight excluding hydrogens is 939 g/mol. The number of fused-ring (bicyclic) bond motifs is 5. The monoisotopic (exact) mass is 979 g/mol. The maximum Gasteiger partial charge on any atom is 0.352 e. The molecule has 16 N–H and O–H groups in total. The van der Waals surface area contributed by atoms with Gasteiger partial charge in [-0.25, -0.2) is 14.4 Å². The van der Waals surface area contributed by atoms with Gasteiger partial charge in [-0.1, -0.05) is 13.8 Å². The van der Waals surface area contributed by atoms with Crippen LogP contribution in [-0.4, -0.2) is 111 Å². The van der Waals surface area contributed by atoms with Crippen LogP contribution in [0, 0.1) is 0 Å². The molecule has 0 atom stereocenters. The Morgan fingerprint density at radius 2 is 0.778 bits per heavy atom. The second-order valence-electron chi connectivity index (χ2n) is 17.5. The van der Waals surface area contributed by atoms with Crippen molar-refractivity contribution in [3.05, 3.63) is 115 Å². The average molecular weight is 980 g/mol. The summed E-state index contributed by atoms with van der Waals surface area (Å²) in [6.45, 7) is 3.53. The lowest BCUT2D eigenvalue weighted by Crippen LogP contribution is -2.41. The number of H-pyrrole nitrogens is 5. The number of ketones is 2. The number of rotatable bonds is 13. The van der Waals surface area contributed by atoms with Crippen molar-refractivity contribution in [2.45, 2.75) is 52.4 Å². The number of carbonyl (C=O) groups is 5. The van der Waals surface area contributed by atoms with Crippen molar-refractivity contribution in [1.29, 1.82) is 0 Å². The number of phenolic OH excluding ortho intramolecular Hbond substituents is 8. The molecule has 0 saturated carbocycles. The van der Waals surface area contributed by atoms with Crippen molar-refractivity contribution < 1.29 is 80.1 Å². The van der Waals surface area contributed by atoms with E-state index in [0.717, 1.165) is 18.2 Å². The lowest BCUT2D eigenvalue weighted by Gasteiger charge is -2.19. The molecule has 366 valence electrons. The first-order chi connectivity index (χ1) is 34.3. The minimum atomic E-state index is -1.54. The maximum absolute atomic E-state index is 14.5. The van der Waals surface area contributed by atoms with Gasteiger partial charge in [0.05, 0.1) is 27.4 Å². The van der Waals surface area contributed by atoms with Gasteiger partial charge in [0, 0.05) is 120 Å². The summed E-state index contributed by atoms with van der Waals surface area (Å²) in [5.74, 6) is -12.3. The fourth-order valence-electron chi connectivity index (χ4n) is 10.3. The van der Waals surface area contributed by atoms with Gasteiger partial charge in [0.1, 0.15) is 17.1 Å². The van der Waals surface area contributed by atoms with Crippen molar-refractivity contribution in [2.75, 3.05) is 0 Å². The topological polar surface area (TPSA) is 387 Å². The molecule has 0 spiro atoms. The largest absolute Gasteiger partial charge is 0.504 e. The Bertz CT molecular complexity index is 3830. The Morgan fingerprint density at radius 1 is 0.417 bits per heavy atom. The average Bonchev–Trinajstić information content (AvgIpc) is 4.22. The van der Waals surface area contributed by atoms with E-state index in [1.807, 2.05) is 0 Å². The first-order valence-corrected chi connectivity index (χ1v) is 22.2. The lowest BCUT2D eigenvalue weighted by atomic mass is 9.85. The number of Topliss-reactive ketones (excluding diaryl/α,β-unsaturated/α-hetero) is 2. The number of carbonyl (C=O) groups excluding carboxylic acids is 2. The van der Waals surface area contributed by atoms with Crippen molar-refractivity contribution in [2.24, 2.45) is 0 Å². The van der Waals surface area contributed by atoms with Crippen LogP contribution in [0.5, 0.6) is 46.0 Å². The lowest BCUT2D eigenvalue weighted by molar-refractivity contribution is -0.130. The van der Waals surface area contributed by atoms with Gasteiger partial charge < -0.3 is 81.1 Å². The number of aryl methyl sites for hydroxylation is 2. The number of aromatic carboxylic acids is 3. The quantitative estimate of drug-likeness (QED) is 0.0538. The fourth-order valence-corrected chi connectivity index (χ4v) is 10.3. The van der Waals surface area contributed by atoms with Crippen LogP contribution in [0.15, 0.2) is 42.7 Å². The van der Waals surface area contributed by atoms with E-state index in [4.69, 9.17) is 0 Å². The third-order valence-electron chi connectivity index (χ3n) is 13.8. The molecule has 1 aliphatic carbocycles. The van der Waals surface area contributed by atoms with E-state index in [9.17, 15) is 80.1 Å². The zero-order valence-electron chi connectivity index (χ0n) is 37.7. The highest BCUT2D eigenvalue weighted by atomic mass is 16.4. The number of aromatic nitrogens is 5. The van der Waals surface area contributed by atoms with E-state index in [-0.39, 0.29) is 78.6 Å². The minimum Gasteiger partial charge on any atom is -0.504 e. The second kappa shape index (κ2) is 16.4. The Kier molecular flexibility index (Phi) is 10.5. The highest BCUT2D eigenvalue weighted by molar-refractivity contribution is 6.63. The molecule has 0 aliphatic heterocycles. The zero-order chi connectivity index (χ0) is 51.5. The van der Waals surface area contributed by atoms with Crippen LogP contribution in [0.2, 0.25) is 0 Å². The summed E-state index contributed by atoms with van der Waals surface area (Å²) < 4.78 is 0. The van der Waals surface area contributed by atoms with E-state index in [2.05, 4.69) is 24.9 Å². The Labute approximate surface area is 401 Å². The summed E-state index contributed by atoms with van der Waals surface area (Å²) in [4.78, 5) is 80.3. The molecule has 0 amide bonds. The number of benzene rings is 4. The van der Waals surface area contributed by atoms with Crippen molar-refractivity contribution in [3.63, 3.8) is 0 Å². The van der Waals surface area contributed by atoms with E-state index in [0.29, 0.717) is 45.8 Å². The number of aromatic amines is 5. The Hall–Kier alpha value is -9.79. The van der Waals surface area contributed by atoms with Gasteiger partial charge in [0.25, 0.3) is 0 Å². The predicted molar refractivity (Wildman–Crippen MR) is 256 cm³/mol. The summed E-state index contributed by atoms with van der Waals surface area (Å²) in [6, 6.07) is 6.59. The molecule has 4 aromatic carbocycles. The van der Waals surface area contributed by atoms with Gasteiger partial charge in [-0.15, -0.1) is 0 Å². The summed E-state index contributed by atoms with van der Waals surface area (Å²) >= 11 is 0. The molecule has 10 rings (SSSR count). The van der Waals surface area contributed by atoms with Gasteiger partial charge >= 0.3 is 17.9 Å². The molecule has 0 unspecified atom stereocenters. The Morgan fingerprint density at radius 3 is 1.28 bits per heavy atom. The smallest absolute Gasteiger partial charge is 0.352 e. The third kappa shape index (κ3) is 6.65. The van der Waals surface area contributed by atoms with Gasteiger partial charge in [-0.3, -0.25) is 9.59 Å². The first kappa shape index (κ1) is 46.0. The van der Waals surface area contributed by atoms with Gasteiger partial charge in [-0.2, -0.15) is 0 Å². The van der Waals surface area contributed by atoms with Crippen molar-refractivity contribution in [1.82, 2.24) is 24.9 Å². The molecule has 5 aromatic heterocycles. The maximum atomic E-state index is 14.5. The number of hydrogen-bond donors (Lipinski definition) is 16. The zero-order valence-corrected chi connectivity index (χ0v) is 37.7. The van der Waals surface area contributed by atoms with Crippen LogP contribution in [0.4, 0.5) is 0 Å². The molecule has 1 aliphatic rings. The third-order valence-corrected chi connectivity index (χ3v) is 13.8. The SMILES string of the molecule is CCc1c(O)c(O)c(Cc2c(O)c(O)c(CC3=c4cc(C(=O)O)[nH]c4=C(Cc4c(O)c(O)c(Cc5c(O)c(O)c(CC)c6[nH]ccc56)c5[nH]c(C(=O)O)cc45)C(=O)C3=O)c3[nH]c(C(=O)O)cc23)c2[nH]ccc12. The number of aromatic hydroxyl groups is 8. The van der Waals surface area contributed by atoms with Crippen LogP contribution in [0.1, 0.15) is 89.8 Å². The predicted octanol–water partition coefficient (Wildman–Crippen LogP) is 4.92. The number of carboxylic acid groups (broad SMARTS) is 3. The van der Waals surface area contributed by atoms with E-state index >= 15 is 0 Å². The molecule has 0 bridgehead atoms. The number of carboxylic acids is 3. The molecule has 0 fully saturated rings. The summed E-state index contributed by atoms with van der Waals surface area (Å²) in [5, 5.41) is 122. The first-order valence-electron chi connectivity index (χ1n) is 22.2. The summed E-state index contributed by atoms with van der Waals surface area (Å²) in [6.07, 6.45) is 1.58. The molecule has 0 saturated heterocycles. The normalized spacial score (nSPS) is 12.9. The van der Waals surface area contributed by atoms with E-state index in [1.54, 1.807) is 38.4 Å². The summed E-state index contributed by atoms with van der Waals surface area (Å²) in [5.41, 5.74) is -1.38. The van der Waals surface area contributed by atoms with Gasteiger partial charge in [0.15, 0.2) is 46.0 Å². The molecule has 21 nitrogen and oxygen atoms in total. The highest BCUT2D eigenvalue weighted by Gasteiger charge is 2.35. The van der Waals surface area contributed by atoms with Crippen molar-refractivity contribution >= 4 is 84.2 Å². The number of nitrogens with one attached hydrogen (secondary N) is 5. The van der Waals surface area contributed by atoms with Crippen LogP contribution in [0.25, 0.3) is 54.8 Å². The van der Waals surface area contributed by atoms with Crippen LogP contribution < -0.4 is 10.6 Å². The van der Waals surface area contributed by atoms with Crippen LogP contribution in [-0.2, 0) is 48.1 Å². The molecule has 21 heteroatoms.